The summed E-state index contributed by atoms with van der Waals surface area (Å²) in [6, 6.07) is 13.2. The highest BCUT2D eigenvalue weighted by Crippen LogP contribution is 2.35. The van der Waals surface area contributed by atoms with Crippen LogP contribution in [-0.4, -0.2) is 37.1 Å². The number of amides is 2. The lowest BCUT2D eigenvalue weighted by Crippen LogP contribution is -2.39. The Morgan fingerprint density at radius 2 is 1.96 bits per heavy atom. The summed E-state index contributed by atoms with van der Waals surface area (Å²) in [7, 11) is 1.79. The Labute approximate surface area is 151 Å². The van der Waals surface area contributed by atoms with Gasteiger partial charge in [0.05, 0.1) is 12.6 Å². The summed E-state index contributed by atoms with van der Waals surface area (Å²) in [5.41, 5.74) is 2.93. The van der Waals surface area contributed by atoms with E-state index in [2.05, 4.69) is 17.4 Å². The second-order valence-corrected chi connectivity index (χ2v) is 6.51. The first-order valence-electron chi connectivity index (χ1n) is 8.65. The van der Waals surface area contributed by atoms with Gasteiger partial charge in [0.15, 0.2) is 11.5 Å². The number of rotatable bonds is 4. The zero-order valence-corrected chi connectivity index (χ0v) is 14.5. The highest BCUT2D eigenvalue weighted by Gasteiger charge is 2.28. The van der Waals surface area contributed by atoms with Crippen LogP contribution in [0.2, 0.25) is 0 Å². The molecule has 0 aromatic heterocycles. The molecule has 0 radical (unpaired) electrons. The summed E-state index contributed by atoms with van der Waals surface area (Å²) >= 11 is 0. The number of fused-ring (bicyclic) bond motifs is 2. The van der Waals surface area contributed by atoms with E-state index < -0.39 is 0 Å². The van der Waals surface area contributed by atoms with Crippen LogP contribution < -0.4 is 14.8 Å². The molecule has 6 heteroatoms. The van der Waals surface area contributed by atoms with Crippen LogP contribution >= 0.6 is 0 Å². The number of hydrogen-bond acceptors (Lipinski definition) is 4. The van der Waals surface area contributed by atoms with Crippen molar-refractivity contribution in [1.29, 1.82) is 0 Å². The number of nitrogens with zero attached hydrogens (tertiary/aromatic N) is 1. The zero-order valence-electron chi connectivity index (χ0n) is 14.5. The van der Waals surface area contributed by atoms with Gasteiger partial charge in [0.25, 0.3) is 5.91 Å². The maximum Gasteiger partial charge on any atom is 0.251 e. The fourth-order valence-corrected chi connectivity index (χ4v) is 3.53. The molecule has 0 saturated heterocycles. The van der Waals surface area contributed by atoms with Gasteiger partial charge < -0.3 is 19.7 Å². The molecule has 2 aromatic rings. The minimum Gasteiger partial charge on any atom is -0.454 e. The number of benzene rings is 2. The Hall–Kier alpha value is -3.02. The predicted molar refractivity (Wildman–Crippen MR) is 95.2 cm³/mol. The normalized spacial score (nSPS) is 16.9. The van der Waals surface area contributed by atoms with Crippen molar-refractivity contribution in [3.63, 3.8) is 0 Å². The third-order valence-corrected chi connectivity index (χ3v) is 5.00. The largest absolute Gasteiger partial charge is 0.454 e. The van der Waals surface area contributed by atoms with Gasteiger partial charge in [-0.3, -0.25) is 9.59 Å². The maximum absolute atomic E-state index is 12.5. The van der Waals surface area contributed by atoms with Crippen LogP contribution in [0.5, 0.6) is 11.5 Å². The average Bonchev–Trinajstić information content (AvgIpc) is 3.31. The van der Waals surface area contributed by atoms with Crippen molar-refractivity contribution in [2.75, 3.05) is 20.4 Å². The van der Waals surface area contributed by atoms with Crippen LogP contribution in [0.25, 0.3) is 0 Å². The predicted octanol–water partition coefficient (Wildman–Crippen LogP) is 2.29. The third-order valence-electron chi connectivity index (χ3n) is 5.00. The highest BCUT2D eigenvalue weighted by atomic mass is 16.7. The van der Waals surface area contributed by atoms with Crippen molar-refractivity contribution >= 4 is 11.8 Å². The van der Waals surface area contributed by atoms with E-state index in [1.807, 2.05) is 12.1 Å². The van der Waals surface area contributed by atoms with Gasteiger partial charge in [0.2, 0.25) is 12.7 Å². The van der Waals surface area contributed by atoms with E-state index in [0.717, 1.165) is 12.8 Å². The monoisotopic (exact) mass is 352 g/mol. The summed E-state index contributed by atoms with van der Waals surface area (Å²) in [5, 5.41) is 2.69. The Bertz CT molecular complexity index is 865. The molecule has 0 unspecified atom stereocenters. The number of carbonyl (C=O) groups is 2. The quantitative estimate of drug-likeness (QED) is 0.917. The molecule has 2 aliphatic rings. The molecule has 1 N–H and O–H groups in total. The van der Waals surface area contributed by atoms with E-state index in [1.54, 1.807) is 30.1 Å². The van der Waals surface area contributed by atoms with Gasteiger partial charge in [-0.25, -0.2) is 0 Å². The van der Waals surface area contributed by atoms with Crippen LogP contribution in [0, 0.1) is 0 Å². The molecule has 1 aliphatic carbocycles. The van der Waals surface area contributed by atoms with Crippen molar-refractivity contribution in [2.45, 2.75) is 18.9 Å². The number of carbonyl (C=O) groups excluding carboxylic acids is 2. The van der Waals surface area contributed by atoms with E-state index in [9.17, 15) is 9.59 Å². The molecule has 2 aromatic carbocycles. The standard InChI is InChI=1S/C20H20N2O4/c1-22(16-8-6-13-4-2-3-5-15(13)16)19(23)11-21-20(24)14-7-9-17-18(10-14)26-12-25-17/h2-5,7,9-10,16H,6,8,11-12H2,1H3,(H,21,24)/t16-/m0/s1. The van der Waals surface area contributed by atoms with Crippen molar-refractivity contribution in [3.05, 3.63) is 59.2 Å². The van der Waals surface area contributed by atoms with Gasteiger partial charge in [0.1, 0.15) is 0 Å². The lowest BCUT2D eigenvalue weighted by molar-refractivity contribution is -0.131. The molecule has 1 aliphatic heterocycles. The van der Waals surface area contributed by atoms with E-state index in [-0.39, 0.29) is 31.2 Å². The van der Waals surface area contributed by atoms with Crippen molar-refractivity contribution in [2.24, 2.45) is 0 Å². The summed E-state index contributed by atoms with van der Waals surface area (Å²) in [4.78, 5) is 26.6. The molecule has 0 bridgehead atoms. The minimum absolute atomic E-state index is 0.0392. The lowest BCUT2D eigenvalue weighted by atomic mass is 10.1. The van der Waals surface area contributed by atoms with E-state index in [0.29, 0.717) is 17.1 Å². The average molecular weight is 352 g/mol. The van der Waals surface area contributed by atoms with Gasteiger partial charge in [-0.1, -0.05) is 24.3 Å². The van der Waals surface area contributed by atoms with Gasteiger partial charge >= 0.3 is 0 Å². The number of likely N-dealkylation sites (N-methyl/N-ethyl adjacent to an activating group) is 1. The first-order valence-corrected chi connectivity index (χ1v) is 8.65. The summed E-state index contributed by atoms with van der Waals surface area (Å²) in [6.45, 7) is 0.120. The van der Waals surface area contributed by atoms with Crippen molar-refractivity contribution < 1.29 is 19.1 Å². The molecule has 26 heavy (non-hydrogen) atoms. The van der Waals surface area contributed by atoms with Crippen LogP contribution in [0.3, 0.4) is 0 Å². The van der Waals surface area contributed by atoms with Crippen LogP contribution in [-0.2, 0) is 11.2 Å². The molecule has 134 valence electrons. The summed E-state index contributed by atoms with van der Waals surface area (Å²) in [5.74, 6) is 0.749. The number of ether oxygens (including phenoxy) is 2. The number of hydrogen-bond donors (Lipinski definition) is 1. The van der Waals surface area contributed by atoms with Gasteiger partial charge in [-0.05, 0) is 42.2 Å². The molecular weight excluding hydrogens is 332 g/mol. The fraction of sp³-hybridized carbons (Fsp3) is 0.300. The van der Waals surface area contributed by atoms with E-state index >= 15 is 0 Å². The second kappa shape index (κ2) is 6.71. The fourth-order valence-electron chi connectivity index (χ4n) is 3.53. The molecule has 0 spiro atoms. The molecule has 2 amide bonds. The third kappa shape index (κ3) is 2.98. The number of aryl methyl sites for hydroxylation is 1. The van der Waals surface area contributed by atoms with E-state index in [1.165, 1.54) is 11.1 Å². The zero-order chi connectivity index (χ0) is 18.1. The van der Waals surface area contributed by atoms with Gasteiger partial charge in [-0.2, -0.15) is 0 Å². The van der Waals surface area contributed by atoms with Crippen LogP contribution in [0.4, 0.5) is 0 Å². The Kier molecular flexibility index (Phi) is 4.24. The first-order chi connectivity index (χ1) is 12.6. The maximum atomic E-state index is 12.5. The molecule has 0 fully saturated rings. The summed E-state index contributed by atoms with van der Waals surface area (Å²) < 4.78 is 10.5. The SMILES string of the molecule is CN(C(=O)CNC(=O)c1ccc2c(c1)OCO2)[C@H]1CCc2ccccc21. The van der Waals surface area contributed by atoms with Crippen molar-refractivity contribution in [1.82, 2.24) is 10.2 Å². The Morgan fingerprint density at radius 3 is 2.85 bits per heavy atom. The topological polar surface area (TPSA) is 67.9 Å². The number of nitrogens with one attached hydrogen (secondary N) is 1. The Morgan fingerprint density at radius 1 is 1.15 bits per heavy atom. The van der Waals surface area contributed by atoms with Crippen molar-refractivity contribution in [3.8, 4) is 11.5 Å². The molecule has 1 heterocycles. The smallest absolute Gasteiger partial charge is 0.251 e. The molecule has 4 rings (SSSR count). The van der Waals surface area contributed by atoms with Crippen LogP contribution in [0.15, 0.2) is 42.5 Å². The second-order valence-electron chi connectivity index (χ2n) is 6.51. The van der Waals surface area contributed by atoms with Gasteiger partial charge in [0, 0.05) is 12.6 Å². The molecule has 6 nitrogen and oxygen atoms in total. The highest BCUT2D eigenvalue weighted by molar-refractivity contribution is 5.97. The minimum atomic E-state index is -0.308. The Balaban J connectivity index is 1.37. The van der Waals surface area contributed by atoms with E-state index in [4.69, 9.17) is 9.47 Å². The molecular formula is C20H20N2O4. The van der Waals surface area contributed by atoms with Gasteiger partial charge in [-0.15, -0.1) is 0 Å². The molecule has 0 saturated carbocycles. The molecule has 1 atom stereocenters. The first kappa shape index (κ1) is 16.4. The van der Waals surface area contributed by atoms with Crippen LogP contribution in [0.1, 0.15) is 33.9 Å². The lowest BCUT2D eigenvalue weighted by Gasteiger charge is -2.25. The summed E-state index contributed by atoms with van der Waals surface area (Å²) in [6.07, 6.45) is 1.89.